The molecule has 0 bridgehead atoms. The summed E-state index contributed by atoms with van der Waals surface area (Å²) in [6.07, 6.45) is 2.72. The molecular weight excluding hydrogens is 218 g/mol. The third-order valence-corrected chi connectivity index (χ3v) is 2.01. The molecule has 0 aromatic carbocycles. The summed E-state index contributed by atoms with van der Waals surface area (Å²) in [6, 6.07) is 0. The molecule has 1 rings (SSSR count). The normalized spacial score (nSPS) is 10.2. The van der Waals surface area contributed by atoms with Crippen molar-refractivity contribution in [2.75, 3.05) is 13.7 Å². The van der Waals surface area contributed by atoms with E-state index >= 15 is 0 Å². The number of ether oxygens (including phenoxy) is 2. The lowest BCUT2D eigenvalue weighted by Gasteiger charge is -1.98. The van der Waals surface area contributed by atoms with Gasteiger partial charge in [-0.2, -0.15) is 0 Å². The molecule has 0 N–H and O–H groups in total. The molecule has 0 aliphatic carbocycles. The van der Waals surface area contributed by atoms with Crippen LogP contribution in [0.3, 0.4) is 0 Å². The maximum atomic E-state index is 11.0. The Bertz CT molecular complexity index is 358. The minimum absolute atomic E-state index is 0.378. The van der Waals surface area contributed by atoms with Crippen LogP contribution in [0.25, 0.3) is 6.08 Å². The van der Waals surface area contributed by atoms with Crippen molar-refractivity contribution in [1.82, 2.24) is 4.98 Å². The Labute approximate surface area is 90.3 Å². The van der Waals surface area contributed by atoms with Crippen molar-refractivity contribution in [3.8, 4) is 0 Å². The van der Waals surface area contributed by atoms with E-state index in [1.807, 2.05) is 0 Å². The summed E-state index contributed by atoms with van der Waals surface area (Å²) in [5.74, 6) is -1.20. The van der Waals surface area contributed by atoms with E-state index in [1.54, 1.807) is 10.9 Å². The largest absolute Gasteiger partial charge is 0.466 e. The molecule has 1 aromatic heterocycles. The van der Waals surface area contributed by atoms with Crippen molar-refractivity contribution in [3.63, 3.8) is 0 Å². The van der Waals surface area contributed by atoms with E-state index in [0.717, 1.165) is 0 Å². The summed E-state index contributed by atoms with van der Waals surface area (Å²) in [6.45, 7) is -0.378. The Kier molecular flexibility index (Phi) is 4.49. The quantitative estimate of drug-likeness (QED) is 0.564. The van der Waals surface area contributed by atoms with Crippen molar-refractivity contribution >= 4 is 29.4 Å². The molecule has 0 unspecified atom stereocenters. The van der Waals surface area contributed by atoms with Gasteiger partial charge in [0.2, 0.25) is 0 Å². The summed E-state index contributed by atoms with van der Waals surface area (Å²) in [5, 5.41) is 1.78. The van der Waals surface area contributed by atoms with Crippen LogP contribution in [0.5, 0.6) is 0 Å². The monoisotopic (exact) mass is 227 g/mol. The fraction of sp³-hybridized carbons (Fsp3) is 0.222. The predicted octanol–water partition coefficient (Wildman–Crippen LogP) is 0.872. The first-order chi connectivity index (χ1) is 7.22. The topological polar surface area (TPSA) is 65.5 Å². The number of carbonyl (C=O) groups excluding carboxylic acids is 2. The van der Waals surface area contributed by atoms with Crippen LogP contribution in [0.15, 0.2) is 17.0 Å². The molecule has 5 nitrogen and oxygen atoms in total. The van der Waals surface area contributed by atoms with Crippen molar-refractivity contribution < 1.29 is 19.1 Å². The molecule has 15 heavy (non-hydrogen) atoms. The van der Waals surface area contributed by atoms with Crippen molar-refractivity contribution in [1.29, 1.82) is 0 Å². The Morgan fingerprint density at radius 2 is 2.40 bits per heavy atom. The number of methoxy groups -OCH3 is 1. The number of rotatable bonds is 4. The number of aromatic nitrogens is 1. The Morgan fingerprint density at radius 1 is 1.60 bits per heavy atom. The third-order valence-electron chi connectivity index (χ3n) is 1.40. The zero-order valence-corrected chi connectivity index (χ0v) is 8.82. The number of esters is 2. The van der Waals surface area contributed by atoms with E-state index in [1.165, 1.54) is 30.6 Å². The second-order valence-electron chi connectivity index (χ2n) is 2.43. The first-order valence-electron chi connectivity index (χ1n) is 4.02. The SMILES string of the molecule is COC(=O)COC(=O)C=Cc1cscn1. The lowest BCUT2D eigenvalue weighted by atomic mass is 10.4. The lowest BCUT2D eigenvalue weighted by Crippen LogP contribution is -2.13. The number of thiazole rings is 1. The van der Waals surface area contributed by atoms with Gasteiger partial charge in [0, 0.05) is 11.5 Å². The molecule has 0 fully saturated rings. The molecule has 1 heterocycles. The molecule has 6 heteroatoms. The molecule has 0 amide bonds. The Hall–Kier alpha value is -1.69. The van der Waals surface area contributed by atoms with Gasteiger partial charge in [0.15, 0.2) is 6.61 Å². The molecule has 80 valence electrons. The number of hydrogen-bond donors (Lipinski definition) is 0. The van der Waals surface area contributed by atoms with Crippen LogP contribution in [-0.2, 0) is 19.1 Å². The van der Waals surface area contributed by atoms with Crippen LogP contribution < -0.4 is 0 Å². The van der Waals surface area contributed by atoms with Gasteiger partial charge in [-0.05, 0) is 6.08 Å². The van der Waals surface area contributed by atoms with Crippen LogP contribution >= 0.6 is 11.3 Å². The molecule has 1 aromatic rings. The molecule has 0 saturated heterocycles. The van der Waals surface area contributed by atoms with Crippen molar-refractivity contribution in [2.24, 2.45) is 0 Å². The molecule has 0 aliphatic rings. The van der Waals surface area contributed by atoms with Gasteiger partial charge in [-0.25, -0.2) is 14.6 Å². The Balaban J connectivity index is 2.33. The van der Waals surface area contributed by atoms with E-state index in [-0.39, 0.29) is 6.61 Å². The Morgan fingerprint density at radius 3 is 3.00 bits per heavy atom. The average molecular weight is 227 g/mol. The molecule has 0 saturated carbocycles. The van der Waals surface area contributed by atoms with Crippen LogP contribution in [0.2, 0.25) is 0 Å². The zero-order chi connectivity index (χ0) is 11.1. The van der Waals surface area contributed by atoms with E-state index in [9.17, 15) is 9.59 Å². The van der Waals surface area contributed by atoms with Gasteiger partial charge in [-0.3, -0.25) is 0 Å². The average Bonchev–Trinajstić information content (AvgIpc) is 2.75. The van der Waals surface area contributed by atoms with Crippen LogP contribution in [0.1, 0.15) is 5.69 Å². The first-order valence-corrected chi connectivity index (χ1v) is 4.96. The highest BCUT2D eigenvalue weighted by Crippen LogP contribution is 2.02. The minimum atomic E-state index is -0.603. The van der Waals surface area contributed by atoms with Crippen LogP contribution in [0.4, 0.5) is 0 Å². The number of hydrogen-bond acceptors (Lipinski definition) is 6. The van der Waals surface area contributed by atoms with Crippen LogP contribution in [0, 0.1) is 0 Å². The highest BCUT2D eigenvalue weighted by Gasteiger charge is 2.03. The fourth-order valence-electron chi connectivity index (χ4n) is 0.695. The van der Waals surface area contributed by atoms with Gasteiger partial charge >= 0.3 is 11.9 Å². The maximum absolute atomic E-state index is 11.0. The van der Waals surface area contributed by atoms with E-state index in [4.69, 9.17) is 0 Å². The first kappa shape index (κ1) is 11.4. The van der Waals surface area contributed by atoms with Gasteiger partial charge < -0.3 is 9.47 Å². The summed E-state index contributed by atoms with van der Waals surface area (Å²) in [4.78, 5) is 25.6. The molecular formula is C9H9NO4S. The zero-order valence-electron chi connectivity index (χ0n) is 8.00. The van der Waals surface area contributed by atoms with E-state index < -0.39 is 11.9 Å². The molecule has 0 spiro atoms. The highest BCUT2D eigenvalue weighted by molar-refractivity contribution is 7.07. The van der Waals surface area contributed by atoms with Crippen LogP contribution in [-0.4, -0.2) is 30.6 Å². The summed E-state index contributed by atoms with van der Waals surface area (Å²) < 4.78 is 8.87. The third kappa shape index (κ3) is 4.37. The van der Waals surface area contributed by atoms with E-state index in [2.05, 4.69) is 14.5 Å². The van der Waals surface area contributed by atoms with Gasteiger partial charge in [0.25, 0.3) is 0 Å². The van der Waals surface area contributed by atoms with Gasteiger partial charge in [0.1, 0.15) is 0 Å². The highest BCUT2D eigenvalue weighted by atomic mass is 32.1. The van der Waals surface area contributed by atoms with Gasteiger partial charge in [-0.1, -0.05) is 0 Å². The van der Waals surface area contributed by atoms with Gasteiger partial charge in [-0.15, -0.1) is 11.3 Å². The van der Waals surface area contributed by atoms with Crippen molar-refractivity contribution in [3.05, 3.63) is 22.7 Å². The summed E-state index contributed by atoms with van der Waals surface area (Å²) in [7, 11) is 1.22. The predicted molar refractivity (Wildman–Crippen MR) is 54.1 cm³/mol. The number of nitrogens with zero attached hydrogens (tertiary/aromatic N) is 1. The fourth-order valence-corrected chi connectivity index (χ4v) is 1.22. The summed E-state index contributed by atoms with van der Waals surface area (Å²) in [5.41, 5.74) is 2.33. The maximum Gasteiger partial charge on any atom is 0.344 e. The molecule has 0 aliphatic heterocycles. The smallest absolute Gasteiger partial charge is 0.344 e. The van der Waals surface area contributed by atoms with Crippen molar-refractivity contribution in [2.45, 2.75) is 0 Å². The number of carbonyl (C=O) groups is 2. The lowest BCUT2D eigenvalue weighted by molar-refractivity contribution is -0.154. The second kappa shape index (κ2) is 5.92. The van der Waals surface area contributed by atoms with E-state index in [0.29, 0.717) is 5.69 Å². The molecule has 0 radical (unpaired) electrons. The molecule has 0 atom stereocenters. The summed E-state index contributed by atoms with van der Waals surface area (Å²) >= 11 is 1.42. The minimum Gasteiger partial charge on any atom is -0.466 e. The van der Waals surface area contributed by atoms with Gasteiger partial charge in [0.05, 0.1) is 18.3 Å². The second-order valence-corrected chi connectivity index (χ2v) is 3.15. The standard InChI is InChI=1S/C9H9NO4S/c1-13-9(12)4-14-8(11)3-2-7-5-15-6-10-7/h2-3,5-6H,4H2,1H3.